The Labute approximate surface area is 178 Å². The Morgan fingerprint density at radius 3 is 2.80 bits per heavy atom. The quantitative estimate of drug-likeness (QED) is 0.478. The molecular formula is C22H20ClN5O2. The number of halogens is 1. The molecule has 0 aliphatic rings. The van der Waals surface area contributed by atoms with E-state index in [-0.39, 0.29) is 5.91 Å². The number of nitrogens with zero attached hydrogens (tertiary/aromatic N) is 4. The first-order valence-electron chi connectivity index (χ1n) is 9.63. The summed E-state index contributed by atoms with van der Waals surface area (Å²) in [5.74, 6) is 0.677. The number of aromatic nitrogens is 4. The molecule has 0 aliphatic carbocycles. The average Bonchev–Trinajstić information content (AvgIpc) is 3.43. The van der Waals surface area contributed by atoms with Gasteiger partial charge in [0.1, 0.15) is 6.04 Å². The smallest absolute Gasteiger partial charge is 0.255 e. The molecular weight excluding hydrogens is 402 g/mol. The van der Waals surface area contributed by atoms with Gasteiger partial charge in [0.15, 0.2) is 5.82 Å². The van der Waals surface area contributed by atoms with E-state index in [2.05, 4.69) is 20.6 Å². The van der Waals surface area contributed by atoms with Crippen molar-refractivity contribution >= 4 is 17.5 Å². The first-order chi connectivity index (χ1) is 14.6. The van der Waals surface area contributed by atoms with Crippen molar-refractivity contribution in [3.8, 4) is 5.69 Å². The van der Waals surface area contributed by atoms with E-state index in [1.54, 1.807) is 23.0 Å². The number of amides is 1. The topological polar surface area (TPSA) is 85.8 Å². The Balaban J connectivity index is 1.59. The average molecular weight is 422 g/mol. The number of aryl methyl sites for hydroxylation is 1. The Hall–Kier alpha value is -3.45. The van der Waals surface area contributed by atoms with Gasteiger partial charge in [-0.15, -0.1) is 0 Å². The molecule has 1 N–H and O–H groups in total. The van der Waals surface area contributed by atoms with Crippen molar-refractivity contribution in [1.82, 2.24) is 25.2 Å². The molecule has 1 unspecified atom stereocenters. The summed E-state index contributed by atoms with van der Waals surface area (Å²) in [5.41, 5.74) is 2.04. The molecule has 0 saturated carbocycles. The van der Waals surface area contributed by atoms with Gasteiger partial charge in [-0.2, -0.15) is 10.1 Å². The molecule has 4 rings (SSSR count). The molecule has 0 aliphatic heterocycles. The summed E-state index contributed by atoms with van der Waals surface area (Å²) in [5, 5.41) is 12.0. The van der Waals surface area contributed by atoms with Gasteiger partial charge >= 0.3 is 0 Å². The van der Waals surface area contributed by atoms with E-state index >= 15 is 0 Å². The zero-order chi connectivity index (χ0) is 20.9. The van der Waals surface area contributed by atoms with Crippen LogP contribution >= 0.6 is 11.6 Å². The van der Waals surface area contributed by atoms with Gasteiger partial charge in [-0.1, -0.05) is 60.1 Å². The summed E-state index contributed by atoms with van der Waals surface area (Å²) in [6.45, 7) is 2.04. The second kappa shape index (κ2) is 8.92. The van der Waals surface area contributed by atoms with Crippen LogP contribution in [0.15, 0.2) is 71.5 Å². The largest absolute Gasteiger partial charge is 0.339 e. The molecule has 8 heteroatoms. The van der Waals surface area contributed by atoms with Crippen molar-refractivity contribution in [2.75, 3.05) is 0 Å². The van der Waals surface area contributed by atoms with Crippen LogP contribution in [-0.2, 0) is 6.42 Å². The van der Waals surface area contributed by atoms with E-state index in [0.717, 1.165) is 17.7 Å². The molecule has 0 radical (unpaired) electrons. The summed E-state index contributed by atoms with van der Waals surface area (Å²) < 4.78 is 6.93. The zero-order valence-corrected chi connectivity index (χ0v) is 17.1. The van der Waals surface area contributed by atoms with Crippen molar-refractivity contribution in [3.05, 3.63) is 94.9 Å². The SMILES string of the molecule is CCCc1nc(C(NC(=O)c2cnn(-c3cccc(Cl)c3)c2)c2ccccc2)no1. The van der Waals surface area contributed by atoms with Crippen LogP contribution in [-0.4, -0.2) is 25.8 Å². The van der Waals surface area contributed by atoms with Crippen LogP contribution in [0.2, 0.25) is 5.02 Å². The number of rotatable bonds is 7. The van der Waals surface area contributed by atoms with Crippen LogP contribution in [0.25, 0.3) is 5.69 Å². The maximum absolute atomic E-state index is 13.0. The Kier molecular flexibility index (Phi) is 5.90. The van der Waals surface area contributed by atoms with E-state index in [1.807, 2.05) is 49.4 Å². The Morgan fingerprint density at radius 2 is 2.03 bits per heavy atom. The summed E-state index contributed by atoms with van der Waals surface area (Å²) in [6, 6.07) is 16.3. The lowest BCUT2D eigenvalue weighted by Gasteiger charge is -2.15. The number of hydrogen-bond donors (Lipinski definition) is 1. The monoisotopic (exact) mass is 421 g/mol. The molecule has 0 spiro atoms. The van der Waals surface area contributed by atoms with Crippen molar-refractivity contribution in [1.29, 1.82) is 0 Å². The maximum Gasteiger partial charge on any atom is 0.255 e. The fraction of sp³-hybridized carbons (Fsp3) is 0.182. The molecule has 1 atom stereocenters. The highest BCUT2D eigenvalue weighted by molar-refractivity contribution is 6.30. The third-order valence-corrected chi connectivity index (χ3v) is 4.77. The second-order valence-electron chi connectivity index (χ2n) is 6.77. The molecule has 2 aromatic carbocycles. The molecule has 152 valence electrons. The van der Waals surface area contributed by atoms with Crippen molar-refractivity contribution in [2.24, 2.45) is 0 Å². The van der Waals surface area contributed by atoms with Gasteiger partial charge in [-0.05, 0) is 30.2 Å². The summed E-state index contributed by atoms with van der Waals surface area (Å²) in [4.78, 5) is 17.4. The van der Waals surface area contributed by atoms with Crippen LogP contribution in [0.3, 0.4) is 0 Å². The summed E-state index contributed by atoms with van der Waals surface area (Å²) in [6.07, 6.45) is 4.75. The molecule has 0 fully saturated rings. The minimum absolute atomic E-state index is 0.293. The predicted molar refractivity (Wildman–Crippen MR) is 113 cm³/mol. The summed E-state index contributed by atoms with van der Waals surface area (Å²) in [7, 11) is 0. The van der Waals surface area contributed by atoms with Gasteiger partial charge in [-0.25, -0.2) is 4.68 Å². The van der Waals surface area contributed by atoms with Crippen molar-refractivity contribution in [3.63, 3.8) is 0 Å². The van der Waals surface area contributed by atoms with Gasteiger partial charge < -0.3 is 9.84 Å². The maximum atomic E-state index is 13.0. The Bertz CT molecular complexity index is 1140. The zero-order valence-electron chi connectivity index (χ0n) is 16.3. The van der Waals surface area contributed by atoms with Crippen LogP contribution in [0.1, 0.15) is 47.0 Å². The molecule has 2 aromatic heterocycles. The van der Waals surface area contributed by atoms with Crippen molar-refractivity contribution < 1.29 is 9.32 Å². The van der Waals surface area contributed by atoms with Crippen LogP contribution in [0.5, 0.6) is 0 Å². The number of carbonyl (C=O) groups excluding carboxylic acids is 1. The minimum Gasteiger partial charge on any atom is -0.339 e. The lowest BCUT2D eigenvalue weighted by Crippen LogP contribution is -2.30. The van der Waals surface area contributed by atoms with Crippen molar-refractivity contribution in [2.45, 2.75) is 25.8 Å². The molecule has 0 saturated heterocycles. The highest BCUT2D eigenvalue weighted by Gasteiger charge is 2.23. The van der Waals surface area contributed by atoms with E-state index in [1.165, 1.54) is 6.20 Å². The molecule has 7 nitrogen and oxygen atoms in total. The third kappa shape index (κ3) is 4.41. The molecule has 1 amide bonds. The fourth-order valence-electron chi connectivity index (χ4n) is 3.06. The predicted octanol–water partition coefficient (Wildman–Crippen LogP) is 4.38. The molecule has 0 bridgehead atoms. The normalized spacial score (nSPS) is 11.9. The van der Waals surface area contributed by atoms with Crippen LogP contribution in [0.4, 0.5) is 0 Å². The first kappa shape index (κ1) is 19.8. The number of benzene rings is 2. The van der Waals surface area contributed by atoms with Crippen LogP contribution < -0.4 is 5.32 Å². The lowest BCUT2D eigenvalue weighted by molar-refractivity contribution is 0.0941. The van der Waals surface area contributed by atoms with Gasteiger partial charge in [0.2, 0.25) is 5.89 Å². The standard InChI is InChI=1S/C22H20ClN5O2/c1-2-7-19-25-21(27-30-19)20(15-8-4-3-5-9-15)26-22(29)16-13-24-28(14-16)18-11-6-10-17(23)12-18/h3-6,8-14,20H,2,7H2,1H3,(H,26,29). The third-order valence-electron chi connectivity index (χ3n) is 4.53. The van der Waals surface area contributed by atoms with E-state index in [9.17, 15) is 4.79 Å². The van der Waals surface area contributed by atoms with Gasteiger partial charge in [-0.3, -0.25) is 4.79 Å². The minimum atomic E-state index is -0.539. The lowest BCUT2D eigenvalue weighted by atomic mass is 10.1. The van der Waals surface area contributed by atoms with E-state index in [0.29, 0.717) is 28.7 Å². The summed E-state index contributed by atoms with van der Waals surface area (Å²) >= 11 is 6.05. The fourth-order valence-corrected chi connectivity index (χ4v) is 3.24. The first-order valence-corrected chi connectivity index (χ1v) is 10.0. The van der Waals surface area contributed by atoms with E-state index < -0.39 is 6.04 Å². The highest BCUT2D eigenvalue weighted by atomic mass is 35.5. The van der Waals surface area contributed by atoms with Gasteiger partial charge in [0, 0.05) is 17.6 Å². The number of carbonyl (C=O) groups is 1. The molecule has 30 heavy (non-hydrogen) atoms. The van der Waals surface area contributed by atoms with Gasteiger partial charge in [0.05, 0.1) is 17.4 Å². The second-order valence-corrected chi connectivity index (χ2v) is 7.20. The number of nitrogens with one attached hydrogen (secondary N) is 1. The van der Waals surface area contributed by atoms with Gasteiger partial charge in [0.25, 0.3) is 5.91 Å². The molecule has 4 aromatic rings. The number of hydrogen-bond acceptors (Lipinski definition) is 5. The van der Waals surface area contributed by atoms with Crippen LogP contribution in [0, 0.1) is 0 Å². The molecule has 2 heterocycles. The van der Waals surface area contributed by atoms with E-state index in [4.69, 9.17) is 16.1 Å². The Morgan fingerprint density at radius 1 is 1.20 bits per heavy atom. The highest BCUT2D eigenvalue weighted by Crippen LogP contribution is 2.21.